The standard InChI is InChI=1S/C13H24N2O2S/c14-2-1-3-18(16,17)15-13-7-10-4-11(8-13)6-12(5-10)9-13/h10-12,15H,1-9,14H2. The zero-order valence-electron chi connectivity index (χ0n) is 10.9. The summed E-state index contributed by atoms with van der Waals surface area (Å²) in [5.41, 5.74) is 5.31. The van der Waals surface area contributed by atoms with Crippen LogP contribution in [0.2, 0.25) is 0 Å². The average molecular weight is 272 g/mol. The monoisotopic (exact) mass is 272 g/mol. The van der Waals surface area contributed by atoms with Gasteiger partial charge in [0, 0.05) is 5.54 Å². The van der Waals surface area contributed by atoms with Gasteiger partial charge in [-0.15, -0.1) is 0 Å². The molecule has 4 rings (SSSR count). The summed E-state index contributed by atoms with van der Waals surface area (Å²) in [6, 6.07) is 0. The van der Waals surface area contributed by atoms with Crippen molar-refractivity contribution in [3.05, 3.63) is 0 Å². The molecule has 104 valence electrons. The van der Waals surface area contributed by atoms with Gasteiger partial charge in [-0.1, -0.05) is 0 Å². The van der Waals surface area contributed by atoms with E-state index in [2.05, 4.69) is 4.72 Å². The van der Waals surface area contributed by atoms with Crippen molar-refractivity contribution in [3.8, 4) is 0 Å². The van der Waals surface area contributed by atoms with Crippen molar-refractivity contribution in [2.45, 2.75) is 50.5 Å². The second-order valence-corrected chi connectivity index (χ2v) is 8.60. The average Bonchev–Trinajstić information content (AvgIpc) is 2.22. The summed E-state index contributed by atoms with van der Waals surface area (Å²) in [6.07, 6.45) is 7.78. The summed E-state index contributed by atoms with van der Waals surface area (Å²) in [4.78, 5) is 0. The number of sulfonamides is 1. The Morgan fingerprint density at radius 3 is 2.00 bits per heavy atom. The van der Waals surface area contributed by atoms with Crippen LogP contribution in [-0.4, -0.2) is 26.3 Å². The molecule has 0 aromatic rings. The Morgan fingerprint density at radius 1 is 1.06 bits per heavy atom. The van der Waals surface area contributed by atoms with Gasteiger partial charge in [0.05, 0.1) is 5.75 Å². The maximum Gasteiger partial charge on any atom is 0.212 e. The minimum absolute atomic E-state index is 0.0951. The van der Waals surface area contributed by atoms with Crippen molar-refractivity contribution in [1.29, 1.82) is 0 Å². The summed E-state index contributed by atoms with van der Waals surface area (Å²) >= 11 is 0. The maximum atomic E-state index is 12.1. The molecule has 4 nitrogen and oxygen atoms in total. The van der Waals surface area contributed by atoms with E-state index in [1.807, 2.05) is 0 Å². The van der Waals surface area contributed by atoms with Gasteiger partial charge in [-0.2, -0.15) is 0 Å². The molecule has 0 aromatic carbocycles. The molecule has 0 spiro atoms. The molecular formula is C13H24N2O2S. The van der Waals surface area contributed by atoms with Crippen molar-refractivity contribution in [3.63, 3.8) is 0 Å². The maximum absolute atomic E-state index is 12.1. The first-order valence-corrected chi connectivity index (χ1v) is 8.87. The summed E-state index contributed by atoms with van der Waals surface area (Å²) in [5, 5.41) is 0. The molecule has 0 radical (unpaired) electrons. The topological polar surface area (TPSA) is 72.2 Å². The van der Waals surface area contributed by atoms with Gasteiger partial charge in [0.25, 0.3) is 0 Å². The van der Waals surface area contributed by atoms with Crippen LogP contribution in [0, 0.1) is 17.8 Å². The Labute approximate surface area is 110 Å². The highest BCUT2D eigenvalue weighted by Crippen LogP contribution is 2.55. The van der Waals surface area contributed by atoms with Crippen molar-refractivity contribution >= 4 is 10.0 Å². The van der Waals surface area contributed by atoms with Crippen molar-refractivity contribution in [2.75, 3.05) is 12.3 Å². The first-order valence-electron chi connectivity index (χ1n) is 7.22. The van der Waals surface area contributed by atoms with E-state index in [4.69, 9.17) is 5.73 Å². The Morgan fingerprint density at radius 2 is 1.56 bits per heavy atom. The largest absolute Gasteiger partial charge is 0.330 e. The van der Waals surface area contributed by atoms with E-state index in [0.717, 1.165) is 37.0 Å². The molecule has 4 aliphatic carbocycles. The molecule has 18 heavy (non-hydrogen) atoms. The third kappa shape index (κ3) is 2.45. The van der Waals surface area contributed by atoms with Gasteiger partial charge in [0.1, 0.15) is 0 Å². The van der Waals surface area contributed by atoms with Crippen LogP contribution in [0.25, 0.3) is 0 Å². The number of hydrogen-bond acceptors (Lipinski definition) is 3. The number of nitrogens with one attached hydrogen (secondary N) is 1. The highest BCUT2D eigenvalue weighted by atomic mass is 32.2. The lowest BCUT2D eigenvalue weighted by Gasteiger charge is -2.56. The third-order valence-electron chi connectivity index (χ3n) is 5.03. The molecule has 3 N–H and O–H groups in total. The van der Waals surface area contributed by atoms with E-state index in [1.165, 1.54) is 19.3 Å². The van der Waals surface area contributed by atoms with Gasteiger partial charge >= 0.3 is 0 Å². The van der Waals surface area contributed by atoms with Gasteiger partial charge < -0.3 is 5.73 Å². The lowest BCUT2D eigenvalue weighted by molar-refractivity contribution is -0.00809. The molecule has 0 unspecified atom stereocenters. The Hall–Kier alpha value is -0.130. The van der Waals surface area contributed by atoms with E-state index >= 15 is 0 Å². The molecule has 4 fully saturated rings. The lowest BCUT2D eigenvalue weighted by atomic mass is 9.53. The van der Waals surface area contributed by atoms with Crippen LogP contribution in [0.15, 0.2) is 0 Å². The second kappa shape index (κ2) is 4.46. The molecule has 5 heteroatoms. The van der Waals surface area contributed by atoms with Crippen LogP contribution in [0.5, 0.6) is 0 Å². The predicted octanol–water partition coefficient (Wildman–Crippen LogP) is 1.22. The fourth-order valence-corrected chi connectivity index (χ4v) is 6.45. The molecule has 4 saturated carbocycles. The Balaban J connectivity index is 1.72. The second-order valence-electron chi connectivity index (χ2n) is 6.76. The van der Waals surface area contributed by atoms with Crippen LogP contribution in [0.1, 0.15) is 44.9 Å². The van der Waals surface area contributed by atoms with Crippen LogP contribution in [-0.2, 0) is 10.0 Å². The summed E-state index contributed by atoms with van der Waals surface area (Å²) in [7, 11) is -3.14. The first-order chi connectivity index (χ1) is 8.50. The molecule has 0 aromatic heterocycles. The summed E-state index contributed by atoms with van der Waals surface area (Å²) in [5.74, 6) is 2.50. The molecule has 0 heterocycles. The molecular weight excluding hydrogens is 248 g/mol. The molecule has 4 bridgehead atoms. The van der Waals surface area contributed by atoms with Crippen molar-refractivity contribution < 1.29 is 8.42 Å². The zero-order valence-corrected chi connectivity index (χ0v) is 11.7. The Bertz CT molecular complexity index is 383. The van der Waals surface area contributed by atoms with Gasteiger partial charge in [0.15, 0.2) is 0 Å². The quantitative estimate of drug-likeness (QED) is 0.790. The lowest BCUT2D eigenvalue weighted by Crippen LogP contribution is -2.60. The molecule has 0 atom stereocenters. The predicted molar refractivity (Wildman–Crippen MR) is 71.5 cm³/mol. The number of hydrogen-bond donors (Lipinski definition) is 2. The first kappa shape index (κ1) is 12.9. The van der Waals surface area contributed by atoms with Gasteiger partial charge in [-0.05, 0) is 69.2 Å². The Kier molecular flexibility index (Phi) is 3.19. The summed E-state index contributed by atoms with van der Waals surface area (Å²) in [6.45, 7) is 0.446. The normalized spacial score (nSPS) is 42.4. The highest BCUT2D eigenvalue weighted by Gasteiger charge is 2.52. The van der Waals surface area contributed by atoms with Crippen molar-refractivity contribution in [2.24, 2.45) is 23.5 Å². The van der Waals surface area contributed by atoms with E-state index in [1.54, 1.807) is 0 Å². The van der Waals surface area contributed by atoms with Gasteiger partial charge in [0.2, 0.25) is 10.0 Å². The fourth-order valence-electron chi connectivity index (χ4n) is 4.89. The van der Waals surface area contributed by atoms with E-state index in [9.17, 15) is 8.42 Å². The fraction of sp³-hybridized carbons (Fsp3) is 1.00. The van der Waals surface area contributed by atoms with Crippen LogP contribution >= 0.6 is 0 Å². The van der Waals surface area contributed by atoms with Crippen LogP contribution < -0.4 is 10.5 Å². The van der Waals surface area contributed by atoms with Gasteiger partial charge in [-0.25, -0.2) is 13.1 Å². The molecule has 4 aliphatic rings. The molecule has 0 aliphatic heterocycles. The number of nitrogens with two attached hydrogens (primary N) is 1. The molecule has 0 saturated heterocycles. The number of rotatable bonds is 5. The molecule has 0 amide bonds. The highest BCUT2D eigenvalue weighted by molar-refractivity contribution is 7.89. The van der Waals surface area contributed by atoms with Crippen LogP contribution in [0.4, 0.5) is 0 Å². The smallest absolute Gasteiger partial charge is 0.212 e. The van der Waals surface area contributed by atoms with Crippen LogP contribution in [0.3, 0.4) is 0 Å². The minimum Gasteiger partial charge on any atom is -0.330 e. The third-order valence-corrected chi connectivity index (χ3v) is 6.60. The summed E-state index contributed by atoms with van der Waals surface area (Å²) < 4.78 is 27.3. The zero-order chi connectivity index (χ0) is 12.8. The van der Waals surface area contributed by atoms with Gasteiger partial charge in [-0.3, -0.25) is 0 Å². The van der Waals surface area contributed by atoms with E-state index in [0.29, 0.717) is 13.0 Å². The van der Waals surface area contributed by atoms with Crippen molar-refractivity contribution in [1.82, 2.24) is 4.72 Å². The van der Waals surface area contributed by atoms with E-state index < -0.39 is 10.0 Å². The SMILES string of the molecule is NCCCS(=O)(=O)NC12CC3CC(CC(C3)C1)C2. The minimum atomic E-state index is -3.14. The van der Waals surface area contributed by atoms with E-state index in [-0.39, 0.29) is 11.3 Å².